The molecule has 1 atom stereocenters. The molecule has 0 aromatic heterocycles. The molecule has 8 heteroatoms. The average Bonchev–Trinajstić information content (AvgIpc) is 2.40. The van der Waals surface area contributed by atoms with Gasteiger partial charge in [-0.2, -0.15) is 0 Å². The SMILES string of the molecule is COCC(N)C(=O)Nc1cc(OC)ccc1NC(C)=O.Cl. The van der Waals surface area contributed by atoms with Crippen LogP contribution in [-0.2, 0) is 14.3 Å². The topological polar surface area (TPSA) is 103 Å². The van der Waals surface area contributed by atoms with Crippen LogP contribution in [0.25, 0.3) is 0 Å². The summed E-state index contributed by atoms with van der Waals surface area (Å²) in [4.78, 5) is 23.0. The van der Waals surface area contributed by atoms with E-state index in [1.807, 2.05) is 0 Å². The number of nitrogens with one attached hydrogen (secondary N) is 2. The van der Waals surface area contributed by atoms with Crippen molar-refractivity contribution in [1.29, 1.82) is 0 Å². The predicted octanol–water partition coefficient (Wildman–Crippen LogP) is 0.988. The number of anilines is 2. The first kappa shape index (κ1) is 19.2. The molecule has 0 bridgehead atoms. The number of hydrogen-bond acceptors (Lipinski definition) is 5. The predicted molar refractivity (Wildman–Crippen MR) is 83.0 cm³/mol. The van der Waals surface area contributed by atoms with E-state index in [4.69, 9.17) is 15.2 Å². The zero-order valence-corrected chi connectivity index (χ0v) is 13.0. The molecule has 7 nitrogen and oxygen atoms in total. The minimum atomic E-state index is -0.795. The van der Waals surface area contributed by atoms with Gasteiger partial charge in [0.05, 0.1) is 25.1 Å². The van der Waals surface area contributed by atoms with Gasteiger partial charge in [-0.25, -0.2) is 0 Å². The van der Waals surface area contributed by atoms with Crippen molar-refractivity contribution in [3.8, 4) is 5.75 Å². The third-order valence-corrected chi connectivity index (χ3v) is 2.48. The second-order valence-electron chi connectivity index (χ2n) is 4.14. The molecule has 21 heavy (non-hydrogen) atoms. The highest BCUT2D eigenvalue weighted by Gasteiger charge is 2.15. The van der Waals surface area contributed by atoms with Gasteiger partial charge in [-0.05, 0) is 12.1 Å². The number of hydrogen-bond donors (Lipinski definition) is 3. The zero-order chi connectivity index (χ0) is 15.1. The number of benzene rings is 1. The molecule has 1 aromatic carbocycles. The smallest absolute Gasteiger partial charge is 0.243 e. The van der Waals surface area contributed by atoms with Gasteiger partial charge in [-0.1, -0.05) is 0 Å². The lowest BCUT2D eigenvalue weighted by atomic mass is 10.2. The van der Waals surface area contributed by atoms with Crippen LogP contribution in [0, 0.1) is 0 Å². The van der Waals surface area contributed by atoms with Crippen LogP contribution < -0.4 is 21.1 Å². The monoisotopic (exact) mass is 317 g/mol. The Morgan fingerprint density at radius 2 is 1.90 bits per heavy atom. The molecule has 1 unspecified atom stereocenters. The maximum absolute atomic E-state index is 11.9. The van der Waals surface area contributed by atoms with E-state index in [9.17, 15) is 9.59 Å². The molecule has 1 rings (SSSR count). The van der Waals surface area contributed by atoms with Crippen molar-refractivity contribution >= 4 is 35.6 Å². The largest absolute Gasteiger partial charge is 0.497 e. The molecular formula is C13H20ClN3O4. The second kappa shape index (κ2) is 9.17. The van der Waals surface area contributed by atoms with Crippen molar-refractivity contribution in [3.05, 3.63) is 18.2 Å². The molecule has 2 amide bonds. The lowest BCUT2D eigenvalue weighted by molar-refractivity contribution is -0.118. The number of rotatable bonds is 6. The number of carbonyl (C=O) groups excluding carboxylic acids is 2. The number of amides is 2. The Balaban J connectivity index is 0.00000400. The van der Waals surface area contributed by atoms with Crippen molar-refractivity contribution in [3.63, 3.8) is 0 Å². The number of carbonyl (C=O) groups is 2. The highest BCUT2D eigenvalue weighted by atomic mass is 35.5. The molecule has 0 aliphatic heterocycles. The third-order valence-electron chi connectivity index (χ3n) is 2.48. The molecule has 118 valence electrons. The fourth-order valence-corrected chi connectivity index (χ4v) is 1.53. The van der Waals surface area contributed by atoms with Gasteiger partial charge in [0.1, 0.15) is 11.8 Å². The Labute approximate surface area is 129 Å². The first-order valence-corrected chi connectivity index (χ1v) is 5.99. The van der Waals surface area contributed by atoms with Crippen molar-refractivity contribution in [1.82, 2.24) is 0 Å². The highest BCUT2D eigenvalue weighted by molar-refractivity contribution is 6.01. The van der Waals surface area contributed by atoms with Crippen molar-refractivity contribution in [2.75, 3.05) is 31.5 Å². The van der Waals surface area contributed by atoms with E-state index in [1.54, 1.807) is 18.2 Å². The van der Waals surface area contributed by atoms with Crippen LogP contribution in [0.2, 0.25) is 0 Å². The Kier molecular flexibility index (Phi) is 8.37. The summed E-state index contributed by atoms with van der Waals surface area (Å²) in [5, 5.41) is 5.26. The number of methoxy groups -OCH3 is 2. The maximum atomic E-state index is 11.9. The summed E-state index contributed by atoms with van der Waals surface area (Å²) < 4.78 is 9.91. The van der Waals surface area contributed by atoms with E-state index >= 15 is 0 Å². The van der Waals surface area contributed by atoms with E-state index in [0.29, 0.717) is 17.1 Å². The summed E-state index contributed by atoms with van der Waals surface area (Å²) in [6, 6.07) is 4.12. The van der Waals surface area contributed by atoms with Gasteiger partial charge in [-0.3, -0.25) is 9.59 Å². The number of ether oxygens (including phenoxy) is 2. The van der Waals surface area contributed by atoms with Crippen molar-refractivity contribution in [2.45, 2.75) is 13.0 Å². The zero-order valence-electron chi connectivity index (χ0n) is 12.1. The van der Waals surface area contributed by atoms with Crippen LogP contribution >= 0.6 is 12.4 Å². The minimum Gasteiger partial charge on any atom is -0.497 e. The summed E-state index contributed by atoms with van der Waals surface area (Å²) in [6.45, 7) is 1.48. The first-order chi connectivity index (χ1) is 9.47. The molecular weight excluding hydrogens is 298 g/mol. The van der Waals surface area contributed by atoms with Gasteiger partial charge in [0.2, 0.25) is 11.8 Å². The van der Waals surface area contributed by atoms with Crippen LogP contribution in [0.5, 0.6) is 5.75 Å². The van der Waals surface area contributed by atoms with E-state index in [2.05, 4.69) is 10.6 Å². The van der Waals surface area contributed by atoms with Gasteiger partial charge in [0.15, 0.2) is 0 Å². The molecule has 0 spiro atoms. The quantitative estimate of drug-likeness (QED) is 0.726. The second-order valence-corrected chi connectivity index (χ2v) is 4.14. The Hall–Kier alpha value is -1.83. The summed E-state index contributed by atoms with van der Waals surface area (Å²) in [7, 11) is 2.97. The molecule has 0 aliphatic carbocycles. The van der Waals surface area contributed by atoms with Crippen LogP contribution in [0.1, 0.15) is 6.92 Å². The minimum absolute atomic E-state index is 0. The average molecular weight is 318 g/mol. The Bertz CT molecular complexity index is 496. The summed E-state index contributed by atoms with van der Waals surface area (Å²) in [5.74, 6) is -0.103. The number of nitrogens with two attached hydrogens (primary N) is 1. The fraction of sp³-hybridized carbons (Fsp3) is 0.385. The molecule has 0 saturated heterocycles. The summed E-state index contributed by atoms with van der Waals surface area (Å²) >= 11 is 0. The van der Waals surface area contributed by atoms with Gasteiger partial charge in [-0.15, -0.1) is 12.4 Å². The Morgan fingerprint density at radius 3 is 2.43 bits per heavy atom. The standard InChI is InChI=1S/C13H19N3O4.ClH/c1-8(17)15-11-5-4-9(20-3)6-12(11)16-13(18)10(14)7-19-2;/h4-6,10H,7,14H2,1-3H3,(H,15,17)(H,16,18);1H. The molecule has 0 saturated carbocycles. The maximum Gasteiger partial charge on any atom is 0.243 e. The summed E-state index contributed by atoms with van der Waals surface area (Å²) in [5.41, 5.74) is 6.52. The Morgan fingerprint density at radius 1 is 1.24 bits per heavy atom. The number of halogens is 1. The van der Waals surface area contributed by atoms with Gasteiger partial charge >= 0.3 is 0 Å². The first-order valence-electron chi connectivity index (χ1n) is 5.99. The lowest BCUT2D eigenvalue weighted by Crippen LogP contribution is -2.39. The van der Waals surface area contributed by atoms with Crippen LogP contribution in [0.15, 0.2) is 18.2 Å². The van der Waals surface area contributed by atoms with Crippen molar-refractivity contribution < 1.29 is 19.1 Å². The fourth-order valence-electron chi connectivity index (χ4n) is 1.53. The van der Waals surface area contributed by atoms with Gasteiger partial charge in [0.25, 0.3) is 0 Å². The molecule has 1 aromatic rings. The van der Waals surface area contributed by atoms with Crippen LogP contribution in [0.3, 0.4) is 0 Å². The van der Waals surface area contributed by atoms with Gasteiger partial charge in [0, 0.05) is 20.1 Å². The van der Waals surface area contributed by atoms with Crippen molar-refractivity contribution in [2.24, 2.45) is 5.73 Å². The normalized spacial score (nSPS) is 11.0. The van der Waals surface area contributed by atoms with E-state index in [1.165, 1.54) is 21.1 Å². The van der Waals surface area contributed by atoms with E-state index in [-0.39, 0.29) is 24.9 Å². The molecule has 4 N–H and O–H groups in total. The molecule has 0 heterocycles. The van der Waals surface area contributed by atoms with Crippen LogP contribution in [0.4, 0.5) is 11.4 Å². The molecule has 0 aliphatic rings. The summed E-state index contributed by atoms with van der Waals surface area (Å²) in [6.07, 6.45) is 0. The van der Waals surface area contributed by atoms with Gasteiger partial charge < -0.3 is 25.8 Å². The van der Waals surface area contributed by atoms with E-state index in [0.717, 1.165) is 0 Å². The van der Waals surface area contributed by atoms with E-state index < -0.39 is 11.9 Å². The molecule has 0 fully saturated rings. The third kappa shape index (κ3) is 5.99. The highest BCUT2D eigenvalue weighted by Crippen LogP contribution is 2.27. The lowest BCUT2D eigenvalue weighted by Gasteiger charge is -2.15. The molecule has 0 radical (unpaired) electrons. The van der Waals surface area contributed by atoms with Crippen LogP contribution in [-0.4, -0.2) is 38.7 Å².